The first-order chi connectivity index (χ1) is 34.8. The number of rotatable bonds is 7. The van der Waals surface area contributed by atoms with Gasteiger partial charge in [-0.15, -0.1) is 90.7 Å². The predicted octanol–water partition coefficient (Wildman–Crippen LogP) is 21.2. The Labute approximate surface area is 452 Å². The Kier molecular flexibility index (Phi) is 10.6. The number of benzene rings is 4. The summed E-state index contributed by atoms with van der Waals surface area (Å²) in [6, 6.07) is 25.2. The number of aryl methyl sites for hydroxylation is 8. The van der Waals surface area contributed by atoms with Gasteiger partial charge in [-0.2, -0.15) is 17.5 Å². The predicted molar refractivity (Wildman–Crippen MR) is 317 cm³/mol. The molecule has 10 aromatic heterocycles. The molecule has 0 amide bonds. The van der Waals surface area contributed by atoms with Crippen LogP contribution in [0.5, 0.6) is 0 Å². The van der Waals surface area contributed by atoms with Crippen LogP contribution in [-0.4, -0.2) is 17.5 Å². The Hall–Kier alpha value is -4.98. The van der Waals surface area contributed by atoms with E-state index in [0.717, 1.165) is 86.0 Å². The van der Waals surface area contributed by atoms with Gasteiger partial charge in [-0.25, -0.2) is 8.78 Å². The highest BCUT2D eigenvalue weighted by molar-refractivity contribution is 7.29. The van der Waals surface area contributed by atoms with Gasteiger partial charge in [0.1, 0.15) is 33.7 Å². The molecular formula is C56H36F2N4S10. The van der Waals surface area contributed by atoms with Crippen LogP contribution in [0.3, 0.4) is 0 Å². The molecule has 0 unspecified atom stereocenters. The molecule has 14 aromatic rings. The minimum absolute atomic E-state index is 0.273. The van der Waals surface area contributed by atoms with E-state index >= 15 is 8.78 Å². The third kappa shape index (κ3) is 6.87. The van der Waals surface area contributed by atoms with Crippen LogP contribution in [0, 0.1) is 67.0 Å². The standard InChI is InChI=1S/C56H36F2N4S10/c1-21-13-40(33-16-35(57)45(38-10-9-23(3)63-38)49-47(33)59-71-61-49)66-51(21)43-19-31-27(7)56-32(28(8)55(31)69-43)20-44(70-56)52-22(2)14-41(67-52)34-17-36(58)46(50-48(34)60-72-62-50)39-12-11-37(65-39)42-18-30-26(6)53-29(15-24(4)64-53)25(5)54(30)68-42/h9-20H,1-8H3. The van der Waals surface area contributed by atoms with Crippen molar-refractivity contribution >= 4 is 177 Å². The van der Waals surface area contributed by atoms with E-state index < -0.39 is 0 Å². The fourth-order valence-corrected chi connectivity index (χ4v) is 21.0. The average molecular weight is 1120 g/mol. The number of fused-ring (bicyclic) bond motifs is 6. The van der Waals surface area contributed by atoms with Gasteiger partial charge in [-0.1, -0.05) is 0 Å². The summed E-state index contributed by atoms with van der Waals surface area (Å²) in [5.41, 5.74) is 12.8. The lowest BCUT2D eigenvalue weighted by Gasteiger charge is -2.06. The van der Waals surface area contributed by atoms with Gasteiger partial charge in [-0.3, -0.25) is 0 Å². The maximum absolute atomic E-state index is 16.7. The average Bonchev–Trinajstić information content (AvgIpc) is 4.20. The van der Waals surface area contributed by atoms with Gasteiger partial charge >= 0.3 is 0 Å². The van der Waals surface area contributed by atoms with E-state index in [9.17, 15) is 0 Å². The molecule has 4 nitrogen and oxygen atoms in total. The Bertz CT molecular complexity index is 4490. The van der Waals surface area contributed by atoms with Crippen molar-refractivity contribution in [2.45, 2.75) is 55.4 Å². The third-order valence-corrected chi connectivity index (χ3v) is 25.1. The summed E-state index contributed by atoms with van der Waals surface area (Å²) in [6.07, 6.45) is 0. The summed E-state index contributed by atoms with van der Waals surface area (Å²) in [7, 11) is 0. The van der Waals surface area contributed by atoms with Crippen molar-refractivity contribution in [2.24, 2.45) is 0 Å². The molecule has 0 spiro atoms. The molecular weight excluding hydrogens is 1090 g/mol. The van der Waals surface area contributed by atoms with E-state index in [0.29, 0.717) is 22.2 Å². The molecule has 14 rings (SSSR count). The summed E-state index contributed by atoms with van der Waals surface area (Å²) in [5.74, 6) is -0.557. The molecule has 0 aliphatic rings. The van der Waals surface area contributed by atoms with Crippen LogP contribution in [-0.2, 0) is 0 Å². The monoisotopic (exact) mass is 1120 g/mol. The molecule has 16 heteroatoms. The van der Waals surface area contributed by atoms with E-state index in [1.165, 1.54) is 91.9 Å². The fraction of sp³-hybridized carbons (Fsp3) is 0.143. The van der Waals surface area contributed by atoms with Crippen molar-refractivity contribution in [2.75, 3.05) is 0 Å². The lowest BCUT2D eigenvalue weighted by molar-refractivity contribution is 0.633. The highest BCUT2D eigenvalue weighted by Crippen LogP contribution is 2.53. The zero-order valence-electron chi connectivity index (χ0n) is 39.6. The number of halogens is 2. The van der Waals surface area contributed by atoms with E-state index in [-0.39, 0.29) is 11.6 Å². The highest BCUT2D eigenvalue weighted by atomic mass is 32.1. The van der Waals surface area contributed by atoms with Gasteiger partial charge in [0.05, 0.1) is 34.6 Å². The van der Waals surface area contributed by atoms with Crippen molar-refractivity contribution in [1.82, 2.24) is 17.5 Å². The largest absolute Gasteiger partial charge is 0.206 e. The van der Waals surface area contributed by atoms with Gasteiger partial charge in [0, 0.05) is 88.5 Å². The molecule has 0 saturated carbocycles. The second kappa shape index (κ2) is 16.8. The van der Waals surface area contributed by atoms with Gasteiger partial charge in [0.15, 0.2) is 0 Å². The van der Waals surface area contributed by atoms with E-state index in [1.807, 2.05) is 70.5 Å². The summed E-state index contributed by atoms with van der Waals surface area (Å²) >= 11 is 16.2. The molecule has 0 fully saturated rings. The SMILES string of the molecule is Cc1ccc(-c2c(F)cc(-c3cc(C)c(-c4cc5c(C)c6sc(-c7sc(-c8cc(F)c(-c9ccc(-c%10cc%11c(C)c%12sc(C)cc%12c(C)c%11s%10)s9)c9nsnc89)cc7C)cc6c(C)c5s4)s3)c3nsnc23)s1. The molecule has 10 heterocycles. The van der Waals surface area contributed by atoms with Crippen LogP contribution in [0.15, 0.2) is 72.8 Å². The molecule has 0 bridgehead atoms. The number of nitrogens with zero attached hydrogens (tertiary/aromatic N) is 4. The van der Waals surface area contributed by atoms with Crippen LogP contribution in [0.1, 0.15) is 43.1 Å². The minimum Gasteiger partial charge on any atom is -0.206 e. The minimum atomic E-state index is -0.284. The number of hydrogen-bond donors (Lipinski definition) is 0. The maximum Gasteiger partial charge on any atom is 0.134 e. The molecule has 4 aromatic carbocycles. The first-order valence-electron chi connectivity index (χ1n) is 23.0. The van der Waals surface area contributed by atoms with Crippen molar-refractivity contribution in [3.63, 3.8) is 0 Å². The van der Waals surface area contributed by atoms with Gasteiger partial charge in [-0.05, 0) is 183 Å². The van der Waals surface area contributed by atoms with Crippen molar-refractivity contribution in [3.05, 3.63) is 128 Å². The fourth-order valence-electron chi connectivity index (χ4n) is 10.3. The lowest BCUT2D eigenvalue weighted by Crippen LogP contribution is -1.88. The van der Waals surface area contributed by atoms with Crippen LogP contribution in [0.2, 0.25) is 0 Å². The summed E-state index contributed by atoms with van der Waals surface area (Å²) in [6.45, 7) is 17.5. The molecule has 0 aliphatic heterocycles. The van der Waals surface area contributed by atoms with E-state index in [2.05, 4.69) is 99.7 Å². The zero-order chi connectivity index (χ0) is 49.2. The van der Waals surface area contributed by atoms with Gasteiger partial charge in [0.25, 0.3) is 0 Å². The molecule has 0 aliphatic carbocycles. The first kappa shape index (κ1) is 45.6. The first-order valence-corrected chi connectivity index (χ1v) is 31.0. The Balaban J connectivity index is 0.784. The molecule has 354 valence electrons. The number of aromatic nitrogens is 4. The van der Waals surface area contributed by atoms with Gasteiger partial charge in [0.2, 0.25) is 0 Å². The summed E-state index contributed by atoms with van der Waals surface area (Å²) in [4.78, 5) is 13.3. The van der Waals surface area contributed by atoms with E-state index in [1.54, 1.807) is 57.5 Å². The van der Waals surface area contributed by atoms with Gasteiger partial charge < -0.3 is 0 Å². The smallest absolute Gasteiger partial charge is 0.134 e. The van der Waals surface area contributed by atoms with Crippen molar-refractivity contribution in [1.29, 1.82) is 0 Å². The Morgan fingerprint density at radius 1 is 0.333 bits per heavy atom. The number of thiophene rings is 8. The quantitative estimate of drug-likeness (QED) is 0.160. The molecule has 0 saturated heterocycles. The Morgan fingerprint density at radius 3 is 1.25 bits per heavy atom. The number of hydrogen-bond acceptors (Lipinski definition) is 14. The van der Waals surface area contributed by atoms with E-state index in [4.69, 9.17) is 8.75 Å². The lowest BCUT2D eigenvalue weighted by atomic mass is 10.0. The summed E-state index contributed by atoms with van der Waals surface area (Å²) < 4.78 is 56.8. The van der Waals surface area contributed by atoms with Crippen molar-refractivity contribution in [3.8, 4) is 71.0 Å². The Morgan fingerprint density at radius 2 is 0.750 bits per heavy atom. The van der Waals surface area contributed by atoms with Crippen LogP contribution in [0.4, 0.5) is 8.78 Å². The molecule has 72 heavy (non-hydrogen) atoms. The summed E-state index contributed by atoms with van der Waals surface area (Å²) in [5, 5.41) is 5.17. The normalized spacial score (nSPS) is 12.3. The zero-order valence-corrected chi connectivity index (χ0v) is 47.7. The second-order valence-corrected chi connectivity index (χ2v) is 28.4. The topological polar surface area (TPSA) is 51.6 Å². The highest BCUT2D eigenvalue weighted by Gasteiger charge is 2.26. The maximum atomic E-state index is 16.7. The van der Waals surface area contributed by atoms with Crippen LogP contribution < -0.4 is 0 Å². The third-order valence-electron chi connectivity index (χ3n) is 13.9. The molecule has 0 N–H and O–H groups in total. The molecule has 0 atom stereocenters. The second-order valence-electron chi connectivity index (χ2n) is 18.5. The van der Waals surface area contributed by atoms with Crippen LogP contribution >= 0.6 is 114 Å². The van der Waals surface area contributed by atoms with Crippen LogP contribution in [0.25, 0.3) is 133 Å². The molecule has 0 radical (unpaired) electrons. The van der Waals surface area contributed by atoms with Crippen molar-refractivity contribution < 1.29 is 8.78 Å².